The molecule has 1 aromatic heterocycles. The van der Waals surface area contributed by atoms with Crippen molar-refractivity contribution in [2.75, 3.05) is 30.9 Å². The minimum absolute atomic E-state index is 0.351. The maximum absolute atomic E-state index is 12.0. The number of hydrogen-bond donors (Lipinski definition) is 1. The molecule has 1 heterocycles. The number of carbonyl (C=O) groups is 1. The van der Waals surface area contributed by atoms with Crippen molar-refractivity contribution in [2.24, 2.45) is 0 Å². The fraction of sp³-hybridized carbons (Fsp3) is 0.308. The minimum Gasteiger partial charge on any atom is -0.465 e. The van der Waals surface area contributed by atoms with Gasteiger partial charge in [0.2, 0.25) is 0 Å². The fourth-order valence-electron chi connectivity index (χ4n) is 4.27. The maximum atomic E-state index is 12.0. The Balaban J connectivity index is 1.47. The Morgan fingerprint density at radius 1 is 1.16 bits per heavy atom. The van der Waals surface area contributed by atoms with Gasteiger partial charge in [0.1, 0.15) is 0 Å². The lowest BCUT2D eigenvalue weighted by atomic mass is 10.0. The highest BCUT2D eigenvalue weighted by molar-refractivity contribution is 5.95. The van der Waals surface area contributed by atoms with E-state index in [1.165, 1.54) is 35.2 Å². The highest BCUT2D eigenvalue weighted by Gasteiger charge is 2.24. The smallest absolute Gasteiger partial charge is 0.340 e. The van der Waals surface area contributed by atoms with Crippen LogP contribution in [0.5, 0.6) is 0 Å². The van der Waals surface area contributed by atoms with Crippen molar-refractivity contribution in [3.63, 3.8) is 0 Å². The molecular formula is C26H29N3O2. The molecule has 0 radical (unpaired) electrons. The molecule has 4 rings (SSSR count). The van der Waals surface area contributed by atoms with Gasteiger partial charge in [-0.1, -0.05) is 25.1 Å². The van der Waals surface area contributed by atoms with Gasteiger partial charge >= 0.3 is 5.97 Å². The standard InChI is InChI=1S/C26H29N3O2/c1-4-18-5-9-21(10-6-18)29(2)22-11-12-23-19(15-22)7-8-20(23)16-28-25-17-27-14-13-24(25)26(30)31-3/h5-6,9-15,17,20,28H,4,7-8,16H2,1-3H3/t20-/m0/s1. The lowest BCUT2D eigenvalue weighted by Gasteiger charge is -2.21. The van der Waals surface area contributed by atoms with E-state index in [4.69, 9.17) is 4.74 Å². The zero-order chi connectivity index (χ0) is 21.8. The van der Waals surface area contributed by atoms with Crippen LogP contribution in [0.1, 0.15) is 46.3 Å². The summed E-state index contributed by atoms with van der Waals surface area (Å²) >= 11 is 0. The number of aromatic nitrogens is 1. The van der Waals surface area contributed by atoms with Crippen LogP contribution in [0.4, 0.5) is 17.1 Å². The number of methoxy groups -OCH3 is 1. The molecule has 0 amide bonds. The Morgan fingerprint density at radius 3 is 2.68 bits per heavy atom. The number of anilines is 3. The molecule has 0 unspecified atom stereocenters. The van der Waals surface area contributed by atoms with Crippen molar-refractivity contribution in [3.8, 4) is 0 Å². The predicted octanol–water partition coefficient (Wildman–Crippen LogP) is 5.34. The van der Waals surface area contributed by atoms with Gasteiger partial charge in [-0.3, -0.25) is 4.98 Å². The van der Waals surface area contributed by atoms with Crippen molar-refractivity contribution in [1.29, 1.82) is 0 Å². The summed E-state index contributed by atoms with van der Waals surface area (Å²) in [5, 5.41) is 3.41. The number of pyridine rings is 1. The average Bonchev–Trinajstić information content (AvgIpc) is 3.24. The van der Waals surface area contributed by atoms with Crippen molar-refractivity contribution in [3.05, 3.63) is 83.2 Å². The van der Waals surface area contributed by atoms with E-state index in [2.05, 4.69) is 71.6 Å². The Labute approximate surface area is 184 Å². The molecule has 5 heteroatoms. The molecule has 160 valence electrons. The first-order valence-electron chi connectivity index (χ1n) is 10.8. The summed E-state index contributed by atoms with van der Waals surface area (Å²) in [5.74, 6) is 0.0558. The number of benzene rings is 2. The summed E-state index contributed by atoms with van der Waals surface area (Å²) in [4.78, 5) is 18.4. The molecule has 31 heavy (non-hydrogen) atoms. The van der Waals surface area contributed by atoms with Gasteiger partial charge < -0.3 is 15.0 Å². The molecule has 0 spiro atoms. The molecule has 0 saturated heterocycles. The number of rotatable bonds is 7. The number of fused-ring (bicyclic) bond motifs is 1. The normalized spacial score (nSPS) is 14.7. The molecule has 5 nitrogen and oxygen atoms in total. The topological polar surface area (TPSA) is 54.5 Å². The summed E-state index contributed by atoms with van der Waals surface area (Å²) in [7, 11) is 3.51. The van der Waals surface area contributed by atoms with E-state index >= 15 is 0 Å². The molecule has 0 fully saturated rings. The fourth-order valence-corrected chi connectivity index (χ4v) is 4.27. The molecule has 1 aliphatic carbocycles. The van der Waals surface area contributed by atoms with E-state index in [1.54, 1.807) is 18.5 Å². The molecule has 1 atom stereocenters. The molecule has 0 aliphatic heterocycles. The quantitative estimate of drug-likeness (QED) is 0.528. The first-order valence-corrected chi connectivity index (χ1v) is 10.8. The van der Waals surface area contributed by atoms with Crippen LogP contribution in [0, 0.1) is 0 Å². The van der Waals surface area contributed by atoms with Gasteiger partial charge in [0.05, 0.1) is 24.6 Å². The summed E-state index contributed by atoms with van der Waals surface area (Å²) in [6.07, 6.45) is 6.50. The van der Waals surface area contributed by atoms with E-state index in [-0.39, 0.29) is 5.97 Å². The zero-order valence-electron chi connectivity index (χ0n) is 18.4. The average molecular weight is 416 g/mol. The van der Waals surface area contributed by atoms with Crippen LogP contribution >= 0.6 is 0 Å². The molecule has 2 aromatic carbocycles. The van der Waals surface area contributed by atoms with Crippen LogP contribution < -0.4 is 10.2 Å². The second-order valence-electron chi connectivity index (χ2n) is 7.99. The van der Waals surface area contributed by atoms with Crippen LogP contribution in [0.2, 0.25) is 0 Å². The van der Waals surface area contributed by atoms with Crippen LogP contribution in [0.3, 0.4) is 0 Å². The lowest BCUT2D eigenvalue weighted by molar-refractivity contribution is 0.0601. The first-order chi connectivity index (χ1) is 15.1. The monoisotopic (exact) mass is 415 g/mol. The molecule has 0 bridgehead atoms. The number of aryl methyl sites for hydroxylation is 2. The second-order valence-corrected chi connectivity index (χ2v) is 7.99. The minimum atomic E-state index is -0.351. The summed E-state index contributed by atoms with van der Waals surface area (Å²) in [6.45, 7) is 2.94. The number of nitrogens with one attached hydrogen (secondary N) is 1. The second kappa shape index (κ2) is 9.21. The highest BCUT2D eigenvalue weighted by atomic mass is 16.5. The Kier molecular flexibility index (Phi) is 6.21. The first kappa shape index (κ1) is 20.9. The number of nitrogens with zero attached hydrogens (tertiary/aromatic N) is 2. The number of carbonyl (C=O) groups excluding carboxylic acids is 1. The third-order valence-electron chi connectivity index (χ3n) is 6.21. The van der Waals surface area contributed by atoms with Crippen molar-refractivity contribution in [2.45, 2.75) is 32.1 Å². The highest BCUT2D eigenvalue weighted by Crippen LogP contribution is 2.37. The van der Waals surface area contributed by atoms with E-state index in [0.29, 0.717) is 11.5 Å². The van der Waals surface area contributed by atoms with E-state index in [9.17, 15) is 4.79 Å². The van der Waals surface area contributed by atoms with Crippen LogP contribution in [0.25, 0.3) is 0 Å². The maximum Gasteiger partial charge on any atom is 0.340 e. The largest absolute Gasteiger partial charge is 0.465 e. The van der Waals surface area contributed by atoms with Gasteiger partial charge in [0.25, 0.3) is 0 Å². The van der Waals surface area contributed by atoms with Crippen LogP contribution in [0.15, 0.2) is 60.9 Å². The van der Waals surface area contributed by atoms with E-state index in [1.807, 2.05) is 0 Å². The summed E-state index contributed by atoms with van der Waals surface area (Å²) in [5.41, 5.74) is 7.77. The number of ether oxygens (including phenoxy) is 1. The number of esters is 1. The van der Waals surface area contributed by atoms with Gasteiger partial charge in [0.15, 0.2) is 0 Å². The van der Waals surface area contributed by atoms with E-state index in [0.717, 1.165) is 31.5 Å². The third-order valence-corrected chi connectivity index (χ3v) is 6.21. The van der Waals surface area contributed by atoms with Gasteiger partial charge in [-0.25, -0.2) is 4.79 Å². The summed E-state index contributed by atoms with van der Waals surface area (Å²) < 4.78 is 4.88. The SMILES string of the molecule is CCc1ccc(N(C)c2ccc3c(c2)CC[C@H]3CNc2cnccc2C(=O)OC)cc1. The van der Waals surface area contributed by atoms with Gasteiger partial charge in [0, 0.05) is 37.1 Å². The molecule has 1 aliphatic rings. The molecular weight excluding hydrogens is 386 g/mol. The van der Waals surface area contributed by atoms with E-state index < -0.39 is 0 Å². The summed E-state index contributed by atoms with van der Waals surface area (Å²) in [6, 6.07) is 17.2. The van der Waals surface area contributed by atoms with Crippen molar-refractivity contribution in [1.82, 2.24) is 4.98 Å². The number of hydrogen-bond acceptors (Lipinski definition) is 5. The van der Waals surface area contributed by atoms with Crippen LogP contribution in [-0.4, -0.2) is 31.7 Å². The third kappa shape index (κ3) is 4.41. The van der Waals surface area contributed by atoms with Crippen molar-refractivity contribution >= 4 is 23.0 Å². The van der Waals surface area contributed by atoms with Crippen molar-refractivity contribution < 1.29 is 9.53 Å². The molecule has 3 aromatic rings. The molecule has 1 N–H and O–H groups in total. The Bertz CT molecular complexity index is 1060. The van der Waals surface area contributed by atoms with Gasteiger partial charge in [-0.2, -0.15) is 0 Å². The Morgan fingerprint density at radius 2 is 1.94 bits per heavy atom. The van der Waals surface area contributed by atoms with Gasteiger partial charge in [-0.05, 0) is 66.3 Å². The predicted molar refractivity (Wildman–Crippen MR) is 125 cm³/mol. The lowest BCUT2D eigenvalue weighted by Crippen LogP contribution is -2.14. The molecule has 0 saturated carbocycles. The van der Waals surface area contributed by atoms with Gasteiger partial charge in [-0.15, -0.1) is 0 Å². The van der Waals surface area contributed by atoms with Crippen LogP contribution in [-0.2, 0) is 17.6 Å². The zero-order valence-corrected chi connectivity index (χ0v) is 18.4. The Hall–Kier alpha value is -3.34.